The summed E-state index contributed by atoms with van der Waals surface area (Å²) in [6.07, 6.45) is 3.43. The zero-order valence-corrected chi connectivity index (χ0v) is 10.9. The van der Waals surface area contributed by atoms with E-state index >= 15 is 0 Å². The number of hydrogen-bond donors (Lipinski definition) is 2. The highest BCUT2D eigenvalue weighted by molar-refractivity contribution is 5.93. The van der Waals surface area contributed by atoms with E-state index in [9.17, 15) is 4.79 Å². The molecule has 2 N–H and O–H groups in total. The van der Waals surface area contributed by atoms with Crippen LogP contribution in [0.1, 0.15) is 38.9 Å². The summed E-state index contributed by atoms with van der Waals surface area (Å²) in [7, 11) is 0. The lowest BCUT2D eigenvalue weighted by Crippen LogP contribution is -2.10. The standard InChI is InChI=1S/C14H19N3O/c1-3-5-6-14(18)15-10-7-8-11-12(9-10)17-13(4-2)16-11/h7-9H,3-6H2,1-2H3,(H,15,18)(H,16,17). The molecule has 0 bridgehead atoms. The van der Waals surface area contributed by atoms with Gasteiger partial charge in [-0.15, -0.1) is 0 Å². The van der Waals surface area contributed by atoms with Gasteiger partial charge in [-0.1, -0.05) is 20.3 Å². The summed E-state index contributed by atoms with van der Waals surface area (Å²) in [4.78, 5) is 19.3. The molecular formula is C14H19N3O. The van der Waals surface area contributed by atoms with E-state index in [-0.39, 0.29) is 5.91 Å². The van der Waals surface area contributed by atoms with Crippen LogP contribution >= 0.6 is 0 Å². The number of aromatic nitrogens is 2. The summed E-state index contributed by atoms with van der Waals surface area (Å²) in [5.74, 6) is 1.05. The van der Waals surface area contributed by atoms with E-state index in [1.807, 2.05) is 18.2 Å². The Labute approximate surface area is 107 Å². The Morgan fingerprint density at radius 1 is 1.39 bits per heavy atom. The number of unbranched alkanes of at least 4 members (excludes halogenated alkanes) is 1. The van der Waals surface area contributed by atoms with Crippen molar-refractivity contribution >= 4 is 22.6 Å². The number of carbonyl (C=O) groups excluding carboxylic acids is 1. The summed E-state index contributed by atoms with van der Waals surface area (Å²) >= 11 is 0. The number of hydrogen-bond acceptors (Lipinski definition) is 2. The number of anilines is 1. The van der Waals surface area contributed by atoms with Crippen LogP contribution in [-0.4, -0.2) is 15.9 Å². The molecule has 18 heavy (non-hydrogen) atoms. The van der Waals surface area contributed by atoms with Gasteiger partial charge in [0.25, 0.3) is 0 Å². The average molecular weight is 245 g/mol. The first-order valence-electron chi connectivity index (χ1n) is 6.51. The maximum atomic E-state index is 11.6. The fourth-order valence-corrected chi connectivity index (χ4v) is 1.87. The van der Waals surface area contributed by atoms with E-state index in [0.29, 0.717) is 6.42 Å². The molecule has 0 saturated heterocycles. The van der Waals surface area contributed by atoms with Crippen LogP contribution in [0.4, 0.5) is 5.69 Å². The van der Waals surface area contributed by atoms with Gasteiger partial charge in [0.15, 0.2) is 0 Å². The topological polar surface area (TPSA) is 57.8 Å². The first kappa shape index (κ1) is 12.6. The Balaban J connectivity index is 2.11. The van der Waals surface area contributed by atoms with Gasteiger partial charge >= 0.3 is 0 Å². The van der Waals surface area contributed by atoms with Gasteiger partial charge in [-0.3, -0.25) is 4.79 Å². The Morgan fingerprint density at radius 2 is 2.22 bits per heavy atom. The number of H-pyrrole nitrogens is 1. The van der Waals surface area contributed by atoms with E-state index in [1.54, 1.807) is 0 Å². The van der Waals surface area contributed by atoms with Crippen LogP contribution in [-0.2, 0) is 11.2 Å². The normalized spacial score (nSPS) is 10.8. The number of nitrogens with one attached hydrogen (secondary N) is 2. The molecule has 1 amide bonds. The van der Waals surface area contributed by atoms with Crippen molar-refractivity contribution < 1.29 is 4.79 Å². The molecule has 0 unspecified atom stereocenters. The lowest BCUT2D eigenvalue weighted by molar-refractivity contribution is -0.116. The van der Waals surface area contributed by atoms with Crippen LogP contribution < -0.4 is 5.32 Å². The lowest BCUT2D eigenvalue weighted by atomic mass is 10.2. The van der Waals surface area contributed by atoms with Crippen LogP contribution in [0.15, 0.2) is 18.2 Å². The van der Waals surface area contributed by atoms with E-state index in [2.05, 4.69) is 29.1 Å². The van der Waals surface area contributed by atoms with Crippen molar-refractivity contribution in [3.8, 4) is 0 Å². The van der Waals surface area contributed by atoms with Crippen molar-refractivity contribution in [2.24, 2.45) is 0 Å². The van der Waals surface area contributed by atoms with Gasteiger partial charge < -0.3 is 10.3 Å². The number of carbonyl (C=O) groups is 1. The number of aryl methyl sites for hydroxylation is 1. The summed E-state index contributed by atoms with van der Waals surface area (Å²) < 4.78 is 0. The van der Waals surface area contributed by atoms with Crippen molar-refractivity contribution in [1.82, 2.24) is 9.97 Å². The molecule has 0 atom stereocenters. The molecule has 0 radical (unpaired) electrons. The molecule has 1 aromatic carbocycles. The third kappa shape index (κ3) is 2.88. The molecule has 0 aliphatic heterocycles. The summed E-state index contributed by atoms with van der Waals surface area (Å²) in [5.41, 5.74) is 2.74. The maximum absolute atomic E-state index is 11.6. The number of nitrogens with zero attached hydrogens (tertiary/aromatic N) is 1. The summed E-state index contributed by atoms with van der Waals surface area (Å²) in [6, 6.07) is 5.76. The SMILES string of the molecule is CCCCC(=O)Nc1ccc2nc(CC)[nH]c2c1. The number of rotatable bonds is 5. The highest BCUT2D eigenvalue weighted by Crippen LogP contribution is 2.17. The average Bonchev–Trinajstić information content (AvgIpc) is 2.78. The van der Waals surface area contributed by atoms with Gasteiger partial charge in [-0.2, -0.15) is 0 Å². The van der Waals surface area contributed by atoms with Gasteiger partial charge in [0.05, 0.1) is 11.0 Å². The van der Waals surface area contributed by atoms with Gasteiger partial charge in [-0.05, 0) is 24.6 Å². The quantitative estimate of drug-likeness (QED) is 0.849. The largest absolute Gasteiger partial charge is 0.342 e. The fourth-order valence-electron chi connectivity index (χ4n) is 1.87. The predicted octanol–water partition coefficient (Wildman–Crippen LogP) is 3.25. The van der Waals surface area contributed by atoms with E-state index in [4.69, 9.17) is 0 Å². The molecular weight excluding hydrogens is 226 g/mol. The van der Waals surface area contributed by atoms with Crippen LogP contribution in [0.3, 0.4) is 0 Å². The van der Waals surface area contributed by atoms with Crippen molar-refractivity contribution in [2.75, 3.05) is 5.32 Å². The van der Waals surface area contributed by atoms with Crippen molar-refractivity contribution in [3.63, 3.8) is 0 Å². The second-order valence-electron chi connectivity index (χ2n) is 4.42. The molecule has 1 aromatic heterocycles. The molecule has 0 aliphatic rings. The first-order valence-corrected chi connectivity index (χ1v) is 6.51. The third-order valence-corrected chi connectivity index (χ3v) is 2.91. The Morgan fingerprint density at radius 3 is 2.94 bits per heavy atom. The molecule has 0 aliphatic carbocycles. The highest BCUT2D eigenvalue weighted by atomic mass is 16.1. The van der Waals surface area contributed by atoms with Gasteiger partial charge in [-0.25, -0.2) is 4.98 Å². The smallest absolute Gasteiger partial charge is 0.224 e. The molecule has 4 heteroatoms. The number of imidazole rings is 1. The fraction of sp³-hybridized carbons (Fsp3) is 0.429. The second kappa shape index (κ2) is 5.67. The van der Waals surface area contributed by atoms with Crippen LogP contribution in [0, 0.1) is 0 Å². The zero-order chi connectivity index (χ0) is 13.0. The summed E-state index contributed by atoms with van der Waals surface area (Å²) in [6.45, 7) is 4.14. The van der Waals surface area contributed by atoms with E-state index in [1.165, 1.54) is 0 Å². The highest BCUT2D eigenvalue weighted by Gasteiger charge is 2.05. The van der Waals surface area contributed by atoms with Gasteiger partial charge in [0, 0.05) is 18.5 Å². The molecule has 2 rings (SSSR count). The molecule has 0 fully saturated rings. The molecule has 0 spiro atoms. The monoisotopic (exact) mass is 245 g/mol. The Kier molecular flexibility index (Phi) is 3.97. The molecule has 2 aromatic rings. The first-order chi connectivity index (χ1) is 8.72. The minimum absolute atomic E-state index is 0.0754. The van der Waals surface area contributed by atoms with Crippen molar-refractivity contribution in [2.45, 2.75) is 39.5 Å². The Hall–Kier alpha value is -1.84. The number of amides is 1. The van der Waals surface area contributed by atoms with E-state index < -0.39 is 0 Å². The number of aromatic amines is 1. The van der Waals surface area contributed by atoms with Gasteiger partial charge in [0.2, 0.25) is 5.91 Å². The van der Waals surface area contributed by atoms with Crippen LogP contribution in [0.2, 0.25) is 0 Å². The van der Waals surface area contributed by atoms with Crippen LogP contribution in [0.5, 0.6) is 0 Å². The number of benzene rings is 1. The van der Waals surface area contributed by atoms with Crippen molar-refractivity contribution in [3.05, 3.63) is 24.0 Å². The predicted molar refractivity (Wildman–Crippen MR) is 73.6 cm³/mol. The molecule has 1 heterocycles. The minimum atomic E-state index is 0.0754. The lowest BCUT2D eigenvalue weighted by Gasteiger charge is -2.04. The maximum Gasteiger partial charge on any atom is 0.224 e. The molecule has 4 nitrogen and oxygen atoms in total. The van der Waals surface area contributed by atoms with Crippen molar-refractivity contribution in [1.29, 1.82) is 0 Å². The van der Waals surface area contributed by atoms with Gasteiger partial charge in [0.1, 0.15) is 5.82 Å². The second-order valence-corrected chi connectivity index (χ2v) is 4.42. The zero-order valence-electron chi connectivity index (χ0n) is 10.9. The van der Waals surface area contributed by atoms with E-state index in [0.717, 1.165) is 41.8 Å². The number of fused-ring (bicyclic) bond motifs is 1. The minimum Gasteiger partial charge on any atom is -0.342 e. The molecule has 96 valence electrons. The molecule has 0 saturated carbocycles. The Bertz CT molecular complexity index is 545. The summed E-state index contributed by atoms with van der Waals surface area (Å²) in [5, 5.41) is 2.91. The van der Waals surface area contributed by atoms with Crippen LogP contribution in [0.25, 0.3) is 11.0 Å². The third-order valence-electron chi connectivity index (χ3n) is 2.91.